The van der Waals surface area contributed by atoms with Gasteiger partial charge in [0.1, 0.15) is 0 Å². The molecule has 1 fully saturated rings. The highest BCUT2D eigenvalue weighted by atomic mass is 32.1. The molecule has 0 spiro atoms. The van der Waals surface area contributed by atoms with Gasteiger partial charge in [-0.1, -0.05) is 24.7 Å². The maximum atomic E-state index is 12.7. The van der Waals surface area contributed by atoms with Crippen LogP contribution in [0, 0.1) is 5.92 Å². The average molecular weight is 390 g/mol. The van der Waals surface area contributed by atoms with Gasteiger partial charge in [0.15, 0.2) is 0 Å². The number of unbranched alkanes of at least 4 members (excludes halogenated alkanes) is 1. The summed E-state index contributed by atoms with van der Waals surface area (Å²) in [6.07, 6.45) is 7.65. The maximum absolute atomic E-state index is 12.7. The molecule has 2 aromatic rings. The Labute approximate surface area is 162 Å². The summed E-state index contributed by atoms with van der Waals surface area (Å²) in [5, 5.41) is 8.44. The lowest BCUT2D eigenvalue weighted by Gasteiger charge is -2.30. The van der Waals surface area contributed by atoms with Crippen molar-refractivity contribution in [3.8, 4) is 0 Å². The van der Waals surface area contributed by atoms with Gasteiger partial charge in [0, 0.05) is 31.1 Å². The second kappa shape index (κ2) is 7.96. The Bertz CT molecular complexity index is 882. The molecule has 3 heterocycles. The fourth-order valence-corrected chi connectivity index (χ4v) is 4.92. The van der Waals surface area contributed by atoms with E-state index in [2.05, 4.69) is 22.2 Å². The normalized spacial score (nSPS) is 17.9. The van der Waals surface area contributed by atoms with Gasteiger partial charge in [0.25, 0.3) is 5.56 Å². The summed E-state index contributed by atoms with van der Waals surface area (Å²) in [6.45, 7) is 4.48. The molecule has 1 amide bonds. The van der Waals surface area contributed by atoms with Crippen molar-refractivity contribution in [1.82, 2.24) is 19.9 Å². The van der Waals surface area contributed by atoms with Crippen molar-refractivity contribution in [3.05, 3.63) is 21.6 Å². The fraction of sp³-hybridized carbons (Fsp3) is 0.684. The third-order valence-electron chi connectivity index (χ3n) is 5.63. The topological polar surface area (TPSA) is 79.6 Å². The van der Waals surface area contributed by atoms with Crippen LogP contribution in [0.4, 0.5) is 5.13 Å². The Morgan fingerprint density at radius 3 is 2.81 bits per heavy atom. The van der Waals surface area contributed by atoms with Crippen molar-refractivity contribution in [1.29, 1.82) is 0 Å². The van der Waals surface area contributed by atoms with Gasteiger partial charge in [-0.05, 0) is 44.9 Å². The summed E-state index contributed by atoms with van der Waals surface area (Å²) in [6, 6.07) is 0. The number of fused-ring (bicyclic) bond motifs is 2. The van der Waals surface area contributed by atoms with E-state index < -0.39 is 0 Å². The highest BCUT2D eigenvalue weighted by molar-refractivity contribution is 7.20. The van der Waals surface area contributed by atoms with Crippen LogP contribution in [-0.2, 0) is 17.6 Å². The molecule has 0 aromatic carbocycles. The van der Waals surface area contributed by atoms with Crippen LogP contribution in [0.15, 0.2) is 4.79 Å². The van der Waals surface area contributed by atoms with Gasteiger partial charge in [-0.25, -0.2) is 4.98 Å². The number of rotatable bonds is 5. The predicted octanol–water partition coefficient (Wildman–Crippen LogP) is 2.16. The number of aromatic nitrogens is 3. The summed E-state index contributed by atoms with van der Waals surface area (Å²) in [5.74, 6) is 0.263. The largest absolute Gasteiger partial charge is 0.356 e. The number of carbonyl (C=O) groups is 1. The fourth-order valence-electron chi connectivity index (χ4n) is 3.96. The highest BCUT2D eigenvalue weighted by Crippen LogP contribution is 2.28. The van der Waals surface area contributed by atoms with E-state index in [1.165, 1.54) is 15.9 Å². The Balaban J connectivity index is 1.46. The van der Waals surface area contributed by atoms with Crippen LogP contribution in [0.3, 0.4) is 0 Å². The number of anilines is 1. The van der Waals surface area contributed by atoms with Crippen LogP contribution in [-0.4, -0.2) is 40.1 Å². The Hall–Kier alpha value is -1.96. The number of carbonyl (C=O) groups excluding carboxylic acids is 1. The van der Waals surface area contributed by atoms with Gasteiger partial charge in [0.05, 0.1) is 5.69 Å². The van der Waals surface area contributed by atoms with E-state index >= 15 is 0 Å². The highest BCUT2D eigenvalue weighted by Gasteiger charge is 2.27. The molecule has 0 unspecified atom stereocenters. The zero-order valence-corrected chi connectivity index (χ0v) is 16.7. The molecule has 0 radical (unpaired) electrons. The smallest absolute Gasteiger partial charge is 0.278 e. The van der Waals surface area contributed by atoms with Gasteiger partial charge in [0.2, 0.25) is 16.0 Å². The molecule has 0 saturated carbocycles. The van der Waals surface area contributed by atoms with E-state index in [4.69, 9.17) is 4.98 Å². The summed E-state index contributed by atoms with van der Waals surface area (Å²) in [7, 11) is 0. The third kappa shape index (κ3) is 3.72. The van der Waals surface area contributed by atoms with E-state index in [0.29, 0.717) is 4.96 Å². The van der Waals surface area contributed by atoms with Gasteiger partial charge in [-0.2, -0.15) is 4.52 Å². The molecule has 1 saturated heterocycles. The number of aryl methyl sites for hydroxylation is 1. The number of nitrogens with zero attached hydrogens (tertiary/aromatic N) is 4. The molecule has 27 heavy (non-hydrogen) atoms. The molecule has 2 aliphatic rings. The van der Waals surface area contributed by atoms with E-state index in [9.17, 15) is 9.59 Å². The standard InChI is InChI=1S/C19H27N5O2S/c1-2-3-10-20-16(25)13-8-11-23(12-9-13)19-22-24-17(26)14-6-4-5-7-15(14)21-18(24)27-19/h13H,2-12H2,1H3,(H,20,25). The average Bonchev–Trinajstić information content (AvgIpc) is 3.13. The lowest BCUT2D eigenvalue weighted by Crippen LogP contribution is -2.40. The first-order chi connectivity index (χ1) is 13.2. The molecular weight excluding hydrogens is 362 g/mol. The maximum Gasteiger partial charge on any atom is 0.278 e. The summed E-state index contributed by atoms with van der Waals surface area (Å²) >= 11 is 1.48. The van der Waals surface area contributed by atoms with E-state index in [1.54, 1.807) is 0 Å². The van der Waals surface area contributed by atoms with Gasteiger partial charge in [-0.3, -0.25) is 9.59 Å². The van der Waals surface area contributed by atoms with Crippen LogP contribution in [0.1, 0.15) is 56.7 Å². The van der Waals surface area contributed by atoms with E-state index in [1.807, 2.05) is 0 Å². The lowest BCUT2D eigenvalue weighted by molar-refractivity contribution is -0.125. The van der Waals surface area contributed by atoms with Crippen LogP contribution in [0.5, 0.6) is 0 Å². The molecule has 4 rings (SSSR count). The van der Waals surface area contributed by atoms with Gasteiger partial charge >= 0.3 is 0 Å². The molecule has 2 aromatic heterocycles. The monoisotopic (exact) mass is 389 g/mol. The molecule has 1 aliphatic heterocycles. The first kappa shape index (κ1) is 18.4. The Kier molecular flexibility index (Phi) is 5.43. The zero-order valence-electron chi connectivity index (χ0n) is 15.9. The van der Waals surface area contributed by atoms with Crippen molar-refractivity contribution < 1.29 is 4.79 Å². The quantitative estimate of drug-likeness (QED) is 0.793. The number of amides is 1. The second-order valence-corrected chi connectivity index (χ2v) is 8.47. The van der Waals surface area contributed by atoms with Gasteiger partial charge in [-0.15, -0.1) is 5.10 Å². The van der Waals surface area contributed by atoms with Crippen molar-refractivity contribution >= 4 is 27.3 Å². The number of nitrogens with one attached hydrogen (secondary N) is 1. The van der Waals surface area contributed by atoms with Crippen molar-refractivity contribution in [2.24, 2.45) is 5.92 Å². The van der Waals surface area contributed by atoms with Gasteiger partial charge < -0.3 is 10.2 Å². The van der Waals surface area contributed by atoms with Crippen LogP contribution >= 0.6 is 11.3 Å². The molecule has 7 nitrogen and oxygen atoms in total. The van der Waals surface area contributed by atoms with Crippen molar-refractivity contribution in [2.75, 3.05) is 24.5 Å². The zero-order chi connectivity index (χ0) is 18.8. The van der Waals surface area contributed by atoms with E-state index in [0.717, 1.165) is 87.4 Å². The van der Waals surface area contributed by atoms with Crippen LogP contribution in [0.25, 0.3) is 4.96 Å². The summed E-state index contributed by atoms with van der Waals surface area (Å²) in [5.41, 5.74) is 1.81. The number of hydrogen-bond donors (Lipinski definition) is 1. The first-order valence-corrected chi connectivity index (χ1v) is 10.9. The molecule has 0 bridgehead atoms. The molecular formula is C19H27N5O2S. The van der Waals surface area contributed by atoms with E-state index in [-0.39, 0.29) is 17.4 Å². The minimum absolute atomic E-state index is 0.00221. The summed E-state index contributed by atoms with van der Waals surface area (Å²) < 4.78 is 1.48. The Morgan fingerprint density at radius 2 is 2.04 bits per heavy atom. The van der Waals surface area contributed by atoms with Crippen molar-refractivity contribution in [3.63, 3.8) is 0 Å². The molecule has 146 valence electrons. The van der Waals surface area contributed by atoms with Crippen LogP contribution in [0.2, 0.25) is 0 Å². The first-order valence-electron chi connectivity index (χ1n) is 10.1. The predicted molar refractivity (Wildman–Crippen MR) is 107 cm³/mol. The summed E-state index contributed by atoms with van der Waals surface area (Å²) in [4.78, 5) is 32.6. The number of hydrogen-bond acceptors (Lipinski definition) is 6. The lowest BCUT2D eigenvalue weighted by atomic mass is 9.96. The molecule has 1 aliphatic carbocycles. The van der Waals surface area contributed by atoms with Crippen LogP contribution < -0.4 is 15.8 Å². The molecule has 1 N–H and O–H groups in total. The molecule has 8 heteroatoms. The SMILES string of the molecule is CCCCNC(=O)C1CCN(c2nn3c(=O)c4c(nc3s2)CCCC4)CC1. The second-order valence-electron chi connectivity index (χ2n) is 7.53. The number of piperidine rings is 1. The minimum Gasteiger partial charge on any atom is -0.356 e. The Morgan fingerprint density at radius 1 is 1.26 bits per heavy atom. The third-order valence-corrected chi connectivity index (χ3v) is 6.60. The molecule has 0 atom stereocenters. The minimum atomic E-state index is 0.00221. The van der Waals surface area contributed by atoms with Crippen molar-refractivity contribution in [2.45, 2.75) is 58.3 Å².